The van der Waals surface area contributed by atoms with Crippen LogP contribution in [0.25, 0.3) is 0 Å². The van der Waals surface area contributed by atoms with Crippen LogP contribution in [0.4, 0.5) is 5.69 Å². The lowest BCUT2D eigenvalue weighted by Crippen LogP contribution is -2.49. The lowest BCUT2D eigenvalue weighted by atomic mass is 9.77. The van der Waals surface area contributed by atoms with Gasteiger partial charge in [0.1, 0.15) is 11.5 Å². The van der Waals surface area contributed by atoms with E-state index in [1.54, 1.807) is 0 Å². The van der Waals surface area contributed by atoms with E-state index in [9.17, 15) is 9.90 Å². The Morgan fingerprint density at radius 1 is 1.35 bits per heavy atom. The maximum atomic E-state index is 13.1. The quantitative estimate of drug-likeness (QED) is 0.924. The van der Waals surface area contributed by atoms with Crippen LogP contribution in [0, 0.1) is 23.7 Å². The van der Waals surface area contributed by atoms with Crippen LogP contribution in [0.3, 0.4) is 0 Å². The Kier molecular flexibility index (Phi) is 2.57. The van der Waals surface area contributed by atoms with Crippen LogP contribution in [0.5, 0.6) is 5.75 Å². The van der Waals surface area contributed by atoms with Crippen molar-refractivity contribution in [3.8, 4) is 5.75 Å². The molecule has 0 radical (unpaired) electrons. The molecule has 1 amide bonds. The molecule has 2 bridgehead atoms. The highest BCUT2D eigenvalue weighted by molar-refractivity contribution is 6.00. The van der Waals surface area contributed by atoms with Crippen molar-refractivity contribution in [1.29, 1.82) is 0 Å². The van der Waals surface area contributed by atoms with Crippen molar-refractivity contribution in [3.05, 3.63) is 24.3 Å². The fourth-order valence-electron chi connectivity index (χ4n) is 5.72. The molecule has 2 aliphatic heterocycles. The largest absolute Gasteiger partial charge is 0.494 e. The van der Waals surface area contributed by atoms with E-state index in [1.807, 2.05) is 43.0 Å². The summed E-state index contributed by atoms with van der Waals surface area (Å²) in [5, 5.41) is 10.4. The molecule has 7 atom stereocenters. The van der Waals surface area contributed by atoms with Gasteiger partial charge in [0.2, 0.25) is 5.91 Å². The molecule has 0 spiro atoms. The number of ether oxygens (including phenoxy) is 2. The van der Waals surface area contributed by atoms with Crippen LogP contribution < -0.4 is 9.64 Å². The molecule has 2 aliphatic carbocycles. The van der Waals surface area contributed by atoms with Crippen molar-refractivity contribution in [2.75, 3.05) is 11.5 Å². The second-order valence-electron chi connectivity index (χ2n) is 7.34. The zero-order valence-electron chi connectivity index (χ0n) is 13.3. The van der Waals surface area contributed by atoms with Crippen LogP contribution >= 0.6 is 0 Å². The summed E-state index contributed by atoms with van der Waals surface area (Å²) in [5.74, 6) is 1.41. The first-order chi connectivity index (χ1) is 11.1. The molecule has 23 heavy (non-hydrogen) atoms. The van der Waals surface area contributed by atoms with E-state index in [0.717, 1.165) is 17.9 Å². The number of hydrogen-bond donors (Lipinski definition) is 1. The molecule has 1 aromatic rings. The number of nitrogens with zero attached hydrogens (tertiary/aromatic N) is 1. The van der Waals surface area contributed by atoms with Crippen molar-refractivity contribution in [2.45, 2.75) is 38.2 Å². The van der Waals surface area contributed by atoms with E-state index >= 15 is 0 Å². The maximum Gasteiger partial charge on any atom is 0.233 e. The summed E-state index contributed by atoms with van der Waals surface area (Å²) in [4.78, 5) is 14.9. The van der Waals surface area contributed by atoms with E-state index in [4.69, 9.17) is 9.47 Å². The van der Waals surface area contributed by atoms with Gasteiger partial charge in [-0.2, -0.15) is 0 Å². The van der Waals surface area contributed by atoms with Gasteiger partial charge in [-0.25, -0.2) is 0 Å². The molecular weight excluding hydrogens is 294 g/mol. The fraction of sp³-hybridized carbons (Fsp3) is 0.611. The first kappa shape index (κ1) is 13.8. The number of anilines is 1. The third-order valence-electron chi connectivity index (χ3n) is 6.40. The molecule has 5 heteroatoms. The topological polar surface area (TPSA) is 59.0 Å². The monoisotopic (exact) mass is 315 g/mol. The third-order valence-corrected chi connectivity index (χ3v) is 6.40. The van der Waals surface area contributed by atoms with Gasteiger partial charge in [0, 0.05) is 11.6 Å². The number of rotatable bonds is 3. The number of hydrogen-bond acceptors (Lipinski definition) is 4. The van der Waals surface area contributed by atoms with Gasteiger partial charge in [-0.15, -0.1) is 0 Å². The molecular formula is C18H21NO4. The zero-order valence-corrected chi connectivity index (χ0v) is 13.3. The molecule has 5 rings (SSSR count). The molecule has 2 heterocycles. The molecule has 4 fully saturated rings. The lowest BCUT2D eigenvalue weighted by molar-refractivity contribution is -0.131. The predicted octanol–water partition coefficient (Wildman–Crippen LogP) is 1.79. The molecule has 4 aliphatic rings. The Bertz CT molecular complexity index is 674. The van der Waals surface area contributed by atoms with Gasteiger partial charge in [-0.3, -0.25) is 9.69 Å². The normalized spacial score (nSPS) is 46.0. The van der Waals surface area contributed by atoms with Crippen molar-refractivity contribution in [3.63, 3.8) is 0 Å². The highest BCUT2D eigenvalue weighted by Crippen LogP contribution is 2.67. The SMILES string of the molecule is CCOc1ccc(N2C(=O)[C@@H]3[C@H]4C[C@H]5[C@H](O[C@]2(C)[C@H]53)[C@H]4O)cc1. The van der Waals surface area contributed by atoms with E-state index in [0.29, 0.717) is 12.5 Å². The summed E-state index contributed by atoms with van der Waals surface area (Å²) >= 11 is 0. The van der Waals surface area contributed by atoms with Crippen LogP contribution in [-0.2, 0) is 9.53 Å². The number of aliphatic hydroxyl groups excluding tert-OH is 1. The molecule has 0 unspecified atom stereocenters. The third kappa shape index (κ3) is 1.48. The van der Waals surface area contributed by atoms with Crippen molar-refractivity contribution < 1.29 is 19.4 Å². The Morgan fingerprint density at radius 3 is 2.78 bits per heavy atom. The average molecular weight is 315 g/mol. The summed E-state index contributed by atoms with van der Waals surface area (Å²) < 4.78 is 11.8. The van der Waals surface area contributed by atoms with Gasteiger partial charge in [0.25, 0.3) is 0 Å². The lowest BCUT2D eigenvalue weighted by Gasteiger charge is -2.36. The highest BCUT2D eigenvalue weighted by Gasteiger charge is 2.77. The number of amides is 1. The summed E-state index contributed by atoms with van der Waals surface area (Å²) in [7, 11) is 0. The van der Waals surface area contributed by atoms with Crippen LogP contribution in [0.1, 0.15) is 20.3 Å². The van der Waals surface area contributed by atoms with Crippen molar-refractivity contribution in [2.24, 2.45) is 23.7 Å². The number of benzene rings is 1. The average Bonchev–Trinajstić information content (AvgIpc) is 3.18. The maximum absolute atomic E-state index is 13.1. The van der Waals surface area contributed by atoms with Crippen molar-refractivity contribution in [1.82, 2.24) is 0 Å². The van der Waals surface area contributed by atoms with Crippen LogP contribution in [0.15, 0.2) is 24.3 Å². The van der Waals surface area contributed by atoms with Gasteiger partial charge in [0.15, 0.2) is 0 Å². The molecule has 1 aromatic carbocycles. The summed E-state index contributed by atoms with van der Waals surface area (Å²) in [6.07, 6.45) is 0.346. The minimum absolute atomic E-state index is 0.0667. The van der Waals surface area contributed by atoms with Gasteiger partial charge in [-0.05, 0) is 56.4 Å². The van der Waals surface area contributed by atoms with E-state index in [2.05, 4.69) is 0 Å². The first-order valence-corrected chi connectivity index (χ1v) is 8.49. The van der Waals surface area contributed by atoms with Gasteiger partial charge >= 0.3 is 0 Å². The fourth-order valence-corrected chi connectivity index (χ4v) is 5.72. The molecule has 122 valence electrons. The Morgan fingerprint density at radius 2 is 2.09 bits per heavy atom. The number of aliphatic hydroxyl groups is 1. The standard InChI is InChI=1S/C18H21NO4/c1-3-22-10-6-4-9(5-7-10)19-17(21)13-11-8-12-14(13)18(19,2)23-16(12)15(11)20/h4-7,11-16,20H,3,8H2,1-2H3/t11-,12-,13-,14-,15+,16+,18-/m1/s1. The van der Waals surface area contributed by atoms with E-state index in [-0.39, 0.29) is 29.8 Å². The molecule has 2 saturated heterocycles. The summed E-state index contributed by atoms with van der Waals surface area (Å²) in [5.41, 5.74) is 0.223. The van der Waals surface area contributed by atoms with Gasteiger partial charge in [-0.1, -0.05) is 0 Å². The van der Waals surface area contributed by atoms with Crippen LogP contribution in [-0.4, -0.2) is 35.6 Å². The molecule has 5 nitrogen and oxygen atoms in total. The number of fused-ring (bicyclic) bond motifs is 2. The second kappa shape index (κ2) is 4.28. The van der Waals surface area contributed by atoms with E-state index < -0.39 is 11.8 Å². The second-order valence-corrected chi connectivity index (χ2v) is 7.34. The summed E-state index contributed by atoms with van der Waals surface area (Å²) in [6.45, 7) is 4.58. The molecule has 2 saturated carbocycles. The number of carbonyl (C=O) groups excluding carboxylic acids is 1. The predicted molar refractivity (Wildman–Crippen MR) is 83.0 cm³/mol. The Labute approximate surface area is 135 Å². The van der Waals surface area contributed by atoms with Crippen molar-refractivity contribution >= 4 is 11.6 Å². The minimum Gasteiger partial charge on any atom is -0.494 e. The van der Waals surface area contributed by atoms with E-state index in [1.165, 1.54) is 0 Å². The Hall–Kier alpha value is -1.59. The zero-order chi connectivity index (χ0) is 15.9. The highest BCUT2D eigenvalue weighted by atomic mass is 16.6. The first-order valence-electron chi connectivity index (χ1n) is 8.49. The Balaban J connectivity index is 1.55. The number of carbonyl (C=O) groups is 1. The minimum atomic E-state index is -0.629. The smallest absolute Gasteiger partial charge is 0.233 e. The molecule has 1 N–H and O–H groups in total. The van der Waals surface area contributed by atoms with Crippen LogP contribution in [0.2, 0.25) is 0 Å². The molecule has 0 aromatic heterocycles. The van der Waals surface area contributed by atoms with Gasteiger partial charge in [0.05, 0.1) is 24.7 Å². The summed E-state index contributed by atoms with van der Waals surface area (Å²) in [6, 6.07) is 7.64. The van der Waals surface area contributed by atoms with Gasteiger partial charge < -0.3 is 14.6 Å².